The molecule has 172 valence electrons. The lowest BCUT2D eigenvalue weighted by atomic mass is 10.1. The van der Waals surface area contributed by atoms with Gasteiger partial charge in [0.05, 0.1) is 11.1 Å². The van der Waals surface area contributed by atoms with E-state index in [-0.39, 0.29) is 17.5 Å². The summed E-state index contributed by atoms with van der Waals surface area (Å²) in [7, 11) is 0. The highest BCUT2D eigenvalue weighted by Crippen LogP contribution is 2.13. The smallest absolute Gasteiger partial charge is 0.346 e. The van der Waals surface area contributed by atoms with Gasteiger partial charge in [0, 0.05) is 6.42 Å². The van der Waals surface area contributed by atoms with Gasteiger partial charge in [0.25, 0.3) is 0 Å². The van der Waals surface area contributed by atoms with Crippen molar-refractivity contribution in [2.75, 3.05) is 0 Å². The van der Waals surface area contributed by atoms with Crippen LogP contribution >= 0.6 is 0 Å². The van der Waals surface area contributed by atoms with E-state index in [1.807, 2.05) is 0 Å². The van der Waals surface area contributed by atoms with Crippen LogP contribution in [0.2, 0.25) is 0 Å². The Morgan fingerprint density at radius 2 is 1.29 bits per heavy atom. The summed E-state index contributed by atoms with van der Waals surface area (Å²) in [5, 5.41) is 9.10. The van der Waals surface area contributed by atoms with Crippen molar-refractivity contribution in [3.8, 4) is 0 Å². The molecule has 0 aliphatic carbocycles. The van der Waals surface area contributed by atoms with Crippen LogP contribution in [0, 0.1) is 0 Å². The summed E-state index contributed by atoms with van der Waals surface area (Å²) in [6, 6.07) is 5.72. The van der Waals surface area contributed by atoms with Crippen LogP contribution in [-0.2, 0) is 9.53 Å². The molecule has 1 rings (SSSR count). The van der Waals surface area contributed by atoms with Crippen molar-refractivity contribution in [3.63, 3.8) is 0 Å². The van der Waals surface area contributed by atoms with Gasteiger partial charge in [-0.1, -0.05) is 82.6 Å². The number of ether oxygens (including phenoxy) is 1. The summed E-state index contributed by atoms with van der Waals surface area (Å²) in [6.45, 7) is 2.24. The second-order valence-corrected chi connectivity index (χ2v) is 7.95. The first-order valence-electron chi connectivity index (χ1n) is 11.8. The van der Waals surface area contributed by atoms with E-state index in [2.05, 4.69) is 19.1 Å². The Kier molecular flexibility index (Phi) is 14.8. The molecule has 0 heterocycles. The molecular formula is C26H38O5. The zero-order chi connectivity index (χ0) is 22.7. The third-order valence-corrected chi connectivity index (χ3v) is 5.23. The first-order valence-corrected chi connectivity index (χ1v) is 11.8. The SMILES string of the molecule is CCCCCCCCC=CCCCCCCCC(=O)OC(=O)c1ccccc1C(=O)O. The number of carbonyl (C=O) groups excluding carboxylic acids is 2. The topological polar surface area (TPSA) is 80.7 Å². The largest absolute Gasteiger partial charge is 0.478 e. The minimum absolute atomic E-state index is 0.104. The Labute approximate surface area is 186 Å². The molecule has 1 N–H and O–H groups in total. The average Bonchev–Trinajstić information content (AvgIpc) is 2.76. The van der Waals surface area contributed by atoms with E-state index >= 15 is 0 Å². The number of hydrogen-bond acceptors (Lipinski definition) is 4. The van der Waals surface area contributed by atoms with Gasteiger partial charge in [-0.05, 0) is 44.2 Å². The fourth-order valence-corrected chi connectivity index (χ4v) is 3.40. The molecule has 0 bridgehead atoms. The predicted molar refractivity (Wildman–Crippen MR) is 123 cm³/mol. The molecule has 0 spiro atoms. The first kappa shape index (κ1) is 26.6. The number of aromatic carboxylic acids is 1. The number of benzene rings is 1. The lowest BCUT2D eigenvalue weighted by Gasteiger charge is -2.06. The zero-order valence-corrected chi connectivity index (χ0v) is 18.9. The van der Waals surface area contributed by atoms with Crippen molar-refractivity contribution in [1.82, 2.24) is 0 Å². The Morgan fingerprint density at radius 1 is 0.774 bits per heavy atom. The van der Waals surface area contributed by atoms with Crippen molar-refractivity contribution in [3.05, 3.63) is 47.5 Å². The van der Waals surface area contributed by atoms with Crippen molar-refractivity contribution in [2.45, 2.75) is 96.8 Å². The molecule has 31 heavy (non-hydrogen) atoms. The molecule has 0 aliphatic heterocycles. The molecule has 0 fully saturated rings. The number of carbonyl (C=O) groups is 3. The van der Waals surface area contributed by atoms with E-state index < -0.39 is 17.9 Å². The van der Waals surface area contributed by atoms with E-state index in [0.717, 1.165) is 32.1 Å². The van der Waals surface area contributed by atoms with Crippen LogP contribution in [0.4, 0.5) is 0 Å². The van der Waals surface area contributed by atoms with E-state index in [0.29, 0.717) is 6.42 Å². The maximum absolute atomic E-state index is 12.0. The molecule has 5 nitrogen and oxygen atoms in total. The van der Waals surface area contributed by atoms with Gasteiger partial charge in [0.1, 0.15) is 0 Å². The second kappa shape index (κ2) is 17.3. The minimum atomic E-state index is -1.22. The van der Waals surface area contributed by atoms with Crippen LogP contribution in [0.25, 0.3) is 0 Å². The number of allylic oxidation sites excluding steroid dienone is 2. The van der Waals surface area contributed by atoms with E-state index in [1.165, 1.54) is 69.2 Å². The Balaban J connectivity index is 2.03. The molecule has 0 amide bonds. The van der Waals surface area contributed by atoms with E-state index in [4.69, 9.17) is 9.84 Å². The molecule has 0 aromatic heterocycles. The average molecular weight is 431 g/mol. The Morgan fingerprint density at radius 3 is 1.87 bits per heavy atom. The van der Waals surface area contributed by atoms with E-state index in [9.17, 15) is 14.4 Å². The second-order valence-electron chi connectivity index (χ2n) is 7.95. The lowest BCUT2D eigenvalue weighted by Crippen LogP contribution is -2.15. The summed E-state index contributed by atoms with van der Waals surface area (Å²) < 4.78 is 4.80. The molecule has 1 aromatic carbocycles. The highest BCUT2D eigenvalue weighted by Gasteiger charge is 2.19. The molecular weight excluding hydrogens is 392 g/mol. The third kappa shape index (κ3) is 12.8. The van der Waals surface area contributed by atoms with Crippen molar-refractivity contribution < 1.29 is 24.2 Å². The maximum atomic E-state index is 12.0. The Bertz CT molecular complexity index is 693. The zero-order valence-electron chi connectivity index (χ0n) is 18.9. The molecule has 1 aromatic rings. The van der Waals surface area contributed by atoms with Gasteiger partial charge in [-0.15, -0.1) is 0 Å². The molecule has 0 radical (unpaired) electrons. The normalized spacial score (nSPS) is 11.0. The predicted octanol–water partition coefficient (Wildman–Crippen LogP) is 7.11. The summed E-state index contributed by atoms with van der Waals surface area (Å²) in [6.07, 6.45) is 20.0. The van der Waals surface area contributed by atoms with Crippen molar-refractivity contribution in [1.29, 1.82) is 0 Å². The van der Waals surface area contributed by atoms with Gasteiger partial charge in [-0.2, -0.15) is 0 Å². The monoisotopic (exact) mass is 430 g/mol. The van der Waals surface area contributed by atoms with Gasteiger partial charge in [-0.3, -0.25) is 4.79 Å². The van der Waals surface area contributed by atoms with Gasteiger partial charge in [0.2, 0.25) is 0 Å². The van der Waals surface area contributed by atoms with Gasteiger partial charge in [0.15, 0.2) is 0 Å². The van der Waals surface area contributed by atoms with Crippen molar-refractivity contribution >= 4 is 17.9 Å². The van der Waals surface area contributed by atoms with Crippen LogP contribution in [0.15, 0.2) is 36.4 Å². The number of rotatable bonds is 17. The number of esters is 2. The number of unbranched alkanes of at least 4 members (excludes halogenated alkanes) is 11. The summed E-state index contributed by atoms with van der Waals surface area (Å²) in [4.78, 5) is 35.0. The molecule has 0 unspecified atom stereocenters. The van der Waals surface area contributed by atoms with Crippen LogP contribution in [0.1, 0.15) is 118 Å². The number of carboxylic acid groups (broad SMARTS) is 1. The molecule has 0 atom stereocenters. The highest BCUT2D eigenvalue weighted by atomic mass is 16.6. The van der Waals surface area contributed by atoms with Crippen LogP contribution in [0.3, 0.4) is 0 Å². The third-order valence-electron chi connectivity index (χ3n) is 5.23. The van der Waals surface area contributed by atoms with Crippen LogP contribution in [0.5, 0.6) is 0 Å². The highest BCUT2D eigenvalue weighted by molar-refractivity contribution is 6.05. The fraction of sp³-hybridized carbons (Fsp3) is 0.577. The van der Waals surface area contributed by atoms with Gasteiger partial charge >= 0.3 is 17.9 Å². The summed E-state index contributed by atoms with van der Waals surface area (Å²) in [5.41, 5.74) is -0.269. The number of hydrogen-bond donors (Lipinski definition) is 1. The standard InChI is InChI=1S/C26H38O5/c1-2-3-4-5-6-7-8-9-10-11-12-13-14-15-16-21-24(27)31-26(30)23-20-18-17-19-22(23)25(28)29/h9-10,17-20H,2-8,11-16,21H2,1H3,(H,28,29). The molecule has 0 aliphatic rings. The van der Waals surface area contributed by atoms with E-state index in [1.54, 1.807) is 0 Å². The molecule has 0 saturated heterocycles. The van der Waals surface area contributed by atoms with Gasteiger partial charge in [-0.25, -0.2) is 9.59 Å². The minimum Gasteiger partial charge on any atom is -0.478 e. The number of carboxylic acids is 1. The fourth-order valence-electron chi connectivity index (χ4n) is 3.40. The summed E-state index contributed by atoms with van der Waals surface area (Å²) >= 11 is 0. The van der Waals surface area contributed by atoms with Gasteiger partial charge < -0.3 is 9.84 Å². The molecule has 5 heteroatoms. The maximum Gasteiger partial charge on any atom is 0.346 e. The van der Waals surface area contributed by atoms with Crippen LogP contribution in [-0.4, -0.2) is 23.0 Å². The van der Waals surface area contributed by atoms with Crippen LogP contribution < -0.4 is 0 Å². The first-order chi connectivity index (χ1) is 15.1. The molecule has 0 saturated carbocycles. The quantitative estimate of drug-likeness (QED) is 0.123. The lowest BCUT2D eigenvalue weighted by molar-refractivity contribution is -0.138. The summed E-state index contributed by atoms with van der Waals surface area (Å²) in [5.74, 6) is -2.74. The van der Waals surface area contributed by atoms with Crippen molar-refractivity contribution in [2.24, 2.45) is 0 Å². The Hall–Kier alpha value is -2.43.